The molecule has 12 heteroatoms. The highest BCUT2D eigenvalue weighted by Crippen LogP contribution is 2.33. The van der Waals surface area contributed by atoms with Gasteiger partial charge in [0.15, 0.2) is 5.82 Å². The van der Waals surface area contributed by atoms with Gasteiger partial charge in [-0.1, -0.05) is 12.1 Å². The average molecular weight is 395 g/mol. The second kappa shape index (κ2) is 7.56. The molecule has 3 rings (SSSR count). The summed E-state index contributed by atoms with van der Waals surface area (Å²) in [7, 11) is -2.09. The molecule has 1 atom stereocenters. The van der Waals surface area contributed by atoms with Crippen molar-refractivity contribution in [1.82, 2.24) is 24.9 Å². The number of aromatic amines is 1. The molecule has 1 aromatic heterocycles. The molecule has 27 heavy (non-hydrogen) atoms. The molecule has 0 saturated carbocycles. The van der Waals surface area contributed by atoms with Crippen LogP contribution in [0.5, 0.6) is 0 Å². The van der Waals surface area contributed by atoms with Crippen LogP contribution >= 0.6 is 0 Å². The Balaban J connectivity index is 1.97. The zero-order valence-electron chi connectivity index (χ0n) is 15.1. The van der Waals surface area contributed by atoms with E-state index in [1.54, 1.807) is 11.9 Å². The van der Waals surface area contributed by atoms with E-state index in [0.717, 1.165) is 18.9 Å². The molecular formula is C15H21N7O4S. The summed E-state index contributed by atoms with van der Waals surface area (Å²) in [5, 5.41) is 25.0. The fourth-order valence-corrected chi connectivity index (χ4v) is 4.95. The van der Waals surface area contributed by atoms with Crippen LogP contribution in [0.1, 0.15) is 31.5 Å². The van der Waals surface area contributed by atoms with Crippen molar-refractivity contribution < 1.29 is 13.3 Å². The molecule has 146 valence electrons. The third-order valence-corrected chi connectivity index (χ3v) is 6.53. The number of nitrogens with one attached hydrogen (secondary N) is 1. The molecule has 2 aromatic rings. The van der Waals surface area contributed by atoms with Crippen LogP contribution in [0, 0.1) is 10.1 Å². The van der Waals surface area contributed by atoms with Crippen molar-refractivity contribution in [2.75, 3.05) is 31.6 Å². The van der Waals surface area contributed by atoms with Crippen molar-refractivity contribution in [2.45, 2.75) is 30.6 Å². The van der Waals surface area contributed by atoms with Gasteiger partial charge in [0.25, 0.3) is 5.69 Å². The zero-order chi connectivity index (χ0) is 19.6. The molecule has 1 fully saturated rings. The highest BCUT2D eigenvalue weighted by molar-refractivity contribution is 7.89. The summed E-state index contributed by atoms with van der Waals surface area (Å²) in [6.45, 7) is 3.15. The number of rotatable bonds is 7. The largest absolute Gasteiger partial charge is 0.373 e. The number of aromatic nitrogens is 4. The number of tetrazole rings is 1. The molecule has 0 aliphatic carbocycles. The van der Waals surface area contributed by atoms with Crippen molar-refractivity contribution in [1.29, 1.82) is 0 Å². The summed E-state index contributed by atoms with van der Waals surface area (Å²) in [4.78, 5) is 12.3. The molecule has 11 nitrogen and oxygen atoms in total. The minimum absolute atomic E-state index is 0.0542. The van der Waals surface area contributed by atoms with Crippen LogP contribution in [-0.4, -0.2) is 65.0 Å². The van der Waals surface area contributed by atoms with Gasteiger partial charge < -0.3 is 4.90 Å². The van der Waals surface area contributed by atoms with E-state index in [-0.39, 0.29) is 16.5 Å². The Morgan fingerprint density at radius 1 is 1.37 bits per heavy atom. The standard InChI is InChI=1S/C15H21N7O4S/c1-11(15-16-18-19-17-15)10-20(2)13-6-5-12(22(23)24)9-14(13)27(25,26)21-7-3-4-8-21/h5-6,9,11H,3-4,7-8,10H2,1-2H3,(H,16,17,18,19). The van der Waals surface area contributed by atoms with Gasteiger partial charge in [0.05, 0.1) is 10.6 Å². The molecule has 0 bridgehead atoms. The Bertz CT molecular complexity index is 910. The first-order chi connectivity index (χ1) is 12.8. The molecule has 2 heterocycles. The number of likely N-dealkylation sites (N-methyl/N-ethyl adjacent to an activating group) is 1. The number of nitrogens with zero attached hydrogens (tertiary/aromatic N) is 6. The number of nitro groups is 1. The van der Waals surface area contributed by atoms with Crippen LogP contribution in [0.2, 0.25) is 0 Å². The number of sulfonamides is 1. The SMILES string of the molecule is CC(CN(C)c1ccc([N+](=O)[O-])cc1S(=O)(=O)N1CCCC1)c1nn[nH]n1. The Morgan fingerprint density at radius 2 is 2.07 bits per heavy atom. The molecule has 0 spiro atoms. The summed E-state index contributed by atoms with van der Waals surface area (Å²) in [6.07, 6.45) is 1.57. The number of benzene rings is 1. The maximum atomic E-state index is 13.1. The lowest BCUT2D eigenvalue weighted by Crippen LogP contribution is -2.31. The minimum Gasteiger partial charge on any atom is -0.373 e. The molecule has 1 saturated heterocycles. The van der Waals surface area contributed by atoms with Crippen molar-refractivity contribution in [3.05, 3.63) is 34.1 Å². The number of hydrogen-bond donors (Lipinski definition) is 1. The van der Waals surface area contributed by atoms with Crippen LogP contribution in [0.4, 0.5) is 11.4 Å². The number of anilines is 1. The van der Waals surface area contributed by atoms with Gasteiger partial charge >= 0.3 is 0 Å². The normalized spacial score (nSPS) is 16.4. The summed E-state index contributed by atoms with van der Waals surface area (Å²) in [6, 6.07) is 3.93. The van der Waals surface area contributed by atoms with Crippen molar-refractivity contribution in [3.63, 3.8) is 0 Å². The first-order valence-electron chi connectivity index (χ1n) is 8.54. The topological polar surface area (TPSA) is 138 Å². The maximum absolute atomic E-state index is 13.1. The number of non-ortho nitro benzene ring substituents is 1. The van der Waals surface area contributed by atoms with Gasteiger partial charge in [0.2, 0.25) is 10.0 Å². The summed E-state index contributed by atoms with van der Waals surface area (Å²) in [5.41, 5.74) is 0.152. The fourth-order valence-electron chi connectivity index (χ4n) is 3.17. The van der Waals surface area contributed by atoms with E-state index in [0.29, 0.717) is 31.1 Å². The molecular weight excluding hydrogens is 374 g/mol. The quantitative estimate of drug-likeness (QED) is 0.544. The van der Waals surface area contributed by atoms with Crippen LogP contribution < -0.4 is 4.90 Å². The van der Waals surface area contributed by atoms with E-state index in [4.69, 9.17) is 0 Å². The number of H-pyrrole nitrogens is 1. The number of nitro benzene ring substituents is 1. The Kier molecular flexibility index (Phi) is 5.37. The first kappa shape index (κ1) is 19.2. The average Bonchev–Trinajstić information content (AvgIpc) is 3.34. The summed E-state index contributed by atoms with van der Waals surface area (Å²) < 4.78 is 27.6. The van der Waals surface area contributed by atoms with Crippen molar-refractivity contribution in [2.24, 2.45) is 0 Å². The molecule has 0 radical (unpaired) electrons. The first-order valence-corrected chi connectivity index (χ1v) is 9.98. The molecule has 1 N–H and O–H groups in total. The van der Waals surface area contributed by atoms with Crippen molar-refractivity contribution >= 4 is 21.4 Å². The second-order valence-electron chi connectivity index (χ2n) is 6.57. The van der Waals surface area contributed by atoms with Gasteiger partial charge in [-0.2, -0.15) is 9.52 Å². The maximum Gasteiger partial charge on any atom is 0.270 e. The van der Waals surface area contributed by atoms with Gasteiger partial charge in [0.1, 0.15) is 4.90 Å². The second-order valence-corrected chi connectivity index (χ2v) is 8.48. The van der Waals surface area contributed by atoms with Crippen LogP contribution in [0.15, 0.2) is 23.1 Å². The lowest BCUT2D eigenvalue weighted by Gasteiger charge is -2.26. The van der Waals surface area contributed by atoms with Crippen LogP contribution in [0.25, 0.3) is 0 Å². The van der Waals surface area contributed by atoms with Crippen molar-refractivity contribution in [3.8, 4) is 0 Å². The monoisotopic (exact) mass is 395 g/mol. The number of hydrogen-bond acceptors (Lipinski definition) is 8. The fraction of sp³-hybridized carbons (Fsp3) is 0.533. The predicted octanol–water partition coefficient (Wildman–Crippen LogP) is 1.13. The van der Waals surface area contributed by atoms with E-state index in [1.807, 2.05) is 6.92 Å². The van der Waals surface area contributed by atoms with E-state index in [2.05, 4.69) is 20.6 Å². The van der Waals surface area contributed by atoms with Gasteiger partial charge in [-0.25, -0.2) is 8.42 Å². The zero-order valence-corrected chi connectivity index (χ0v) is 15.9. The van der Waals surface area contributed by atoms with Crippen LogP contribution in [-0.2, 0) is 10.0 Å². The van der Waals surface area contributed by atoms with Gasteiger partial charge in [0, 0.05) is 44.7 Å². The van der Waals surface area contributed by atoms with Gasteiger partial charge in [-0.15, -0.1) is 10.2 Å². The lowest BCUT2D eigenvalue weighted by atomic mass is 10.1. The summed E-state index contributed by atoms with van der Waals surface area (Å²) >= 11 is 0. The molecule has 1 unspecified atom stereocenters. The minimum atomic E-state index is -3.82. The third kappa shape index (κ3) is 3.90. The molecule has 1 aromatic carbocycles. The van der Waals surface area contributed by atoms with E-state index >= 15 is 0 Å². The molecule has 1 aliphatic rings. The van der Waals surface area contributed by atoms with E-state index in [1.165, 1.54) is 16.4 Å². The Morgan fingerprint density at radius 3 is 2.67 bits per heavy atom. The van der Waals surface area contributed by atoms with E-state index < -0.39 is 14.9 Å². The predicted molar refractivity (Wildman–Crippen MR) is 97.0 cm³/mol. The smallest absolute Gasteiger partial charge is 0.270 e. The summed E-state index contributed by atoms with van der Waals surface area (Å²) in [5.74, 6) is 0.388. The highest BCUT2D eigenvalue weighted by atomic mass is 32.2. The third-order valence-electron chi connectivity index (χ3n) is 4.60. The lowest BCUT2D eigenvalue weighted by molar-refractivity contribution is -0.385. The molecule has 0 amide bonds. The van der Waals surface area contributed by atoms with Gasteiger partial charge in [-0.05, 0) is 18.9 Å². The van der Waals surface area contributed by atoms with E-state index in [9.17, 15) is 18.5 Å². The Labute approximate surface area is 156 Å². The van der Waals surface area contributed by atoms with Gasteiger partial charge in [-0.3, -0.25) is 10.1 Å². The highest BCUT2D eigenvalue weighted by Gasteiger charge is 2.32. The Hall–Kier alpha value is -2.60. The van der Waals surface area contributed by atoms with Crippen LogP contribution in [0.3, 0.4) is 0 Å². The molecule has 1 aliphatic heterocycles.